The maximum absolute atomic E-state index is 12.9. The zero-order valence-corrected chi connectivity index (χ0v) is 19.3. The Morgan fingerprint density at radius 2 is 2.13 bits per heavy atom. The van der Waals surface area contributed by atoms with Gasteiger partial charge < -0.3 is 9.64 Å². The molecule has 0 N–H and O–H groups in total. The van der Waals surface area contributed by atoms with E-state index in [0.717, 1.165) is 30.0 Å². The number of nitrogens with zero attached hydrogens (tertiary/aromatic N) is 3. The van der Waals surface area contributed by atoms with Gasteiger partial charge in [0.1, 0.15) is 15.5 Å². The first-order chi connectivity index (χ1) is 14.6. The summed E-state index contributed by atoms with van der Waals surface area (Å²) in [5.74, 6) is -0.381. The first-order valence-corrected chi connectivity index (χ1v) is 13.0. The zero-order valence-electron chi connectivity index (χ0n) is 17.7. The van der Waals surface area contributed by atoms with Crippen LogP contribution in [-0.2, 0) is 32.3 Å². The van der Waals surface area contributed by atoms with Crippen molar-refractivity contribution in [3.05, 3.63) is 26.6 Å². The summed E-state index contributed by atoms with van der Waals surface area (Å²) < 4.78 is 30.7. The predicted octanol–water partition coefficient (Wildman–Crippen LogP) is 1.29. The van der Waals surface area contributed by atoms with Gasteiger partial charge in [0.15, 0.2) is 15.9 Å². The van der Waals surface area contributed by atoms with Crippen LogP contribution in [0.5, 0.6) is 0 Å². The van der Waals surface area contributed by atoms with Gasteiger partial charge in [0.2, 0.25) is 0 Å². The van der Waals surface area contributed by atoms with Crippen molar-refractivity contribution in [2.45, 2.75) is 58.7 Å². The van der Waals surface area contributed by atoms with Crippen molar-refractivity contribution in [1.82, 2.24) is 14.5 Å². The van der Waals surface area contributed by atoms with Gasteiger partial charge in [-0.1, -0.05) is 0 Å². The van der Waals surface area contributed by atoms with E-state index in [9.17, 15) is 22.8 Å². The lowest BCUT2D eigenvalue weighted by molar-refractivity contribution is -0.141. The number of fused-ring (bicyclic) bond motifs is 2. The highest BCUT2D eigenvalue weighted by Gasteiger charge is 2.36. The summed E-state index contributed by atoms with van der Waals surface area (Å²) in [6.07, 6.45) is 0.929. The van der Waals surface area contributed by atoms with E-state index in [2.05, 4.69) is 4.98 Å². The van der Waals surface area contributed by atoms with Crippen molar-refractivity contribution in [2.75, 3.05) is 18.1 Å². The van der Waals surface area contributed by atoms with Gasteiger partial charge in [0.05, 0.1) is 16.9 Å². The van der Waals surface area contributed by atoms with E-state index in [1.807, 2.05) is 0 Å². The molecular formula is C20H25N3O6S2. The normalized spacial score (nSPS) is 20.5. The highest BCUT2D eigenvalue weighted by atomic mass is 32.2. The number of aromatic nitrogens is 2. The summed E-state index contributed by atoms with van der Waals surface area (Å²) in [5, 5.41) is 0.424. The van der Waals surface area contributed by atoms with Gasteiger partial charge in [-0.25, -0.2) is 18.2 Å². The Hall–Kier alpha value is -2.27. The highest BCUT2D eigenvalue weighted by molar-refractivity contribution is 7.91. The molecule has 2 atom stereocenters. The van der Waals surface area contributed by atoms with Gasteiger partial charge in [-0.3, -0.25) is 14.2 Å². The summed E-state index contributed by atoms with van der Waals surface area (Å²) in [4.78, 5) is 45.3. The Morgan fingerprint density at radius 1 is 1.39 bits per heavy atom. The Morgan fingerprint density at radius 3 is 2.77 bits per heavy atom. The predicted molar refractivity (Wildman–Crippen MR) is 116 cm³/mol. The molecule has 2 aromatic rings. The fraction of sp³-hybridized carbons (Fsp3) is 0.600. The first-order valence-electron chi connectivity index (χ1n) is 10.4. The SMILES string of the molecule is CCN(C(=O)[C@H](C)OC(=O)c1sc2nc3n(c(=O)c2c1C)CCC3)[C@H]1CCS(=O)(=O)C1. The van der Waals surface area contributed by atoms with Crippen LogP contribution >= 0.6 is 11.3 Å². The molecule has 0 unspecified atom stereocenters. The monoisotopic (exact) mass is 467 g/mol. The molecule has 1 amide bonds. The van der Waals surface area contributed by atoms with Crippen molar-refractivity contribution in [1.29, 1.82) is 0 Å². The second kappa shape index (κ2) is 8.01. The van der Waals surface area contributed by atoms with Crippen LogP contribution in [0.25, 0.3) is 10.2 Å². The number of ether oxygens (including phenoxy) is 1. The summed E-state index contributed by atoms with van der Waals surface area (Å²) in [6, 6.07) is -0.402. The standard InChI is InChI=1S/C20H25N3O6S2/c1-4-22(13-7-9-31(27,28)10-13)18(24)12(3)29-20(26)16-11(2)15-17(30-16)21-14-6-5-8-23(14)19(15)25/h12-13H,4-10H2,1-3H3/t12-,13-/m0/s1. The summed E-state index contributed by atoms with van der Waals surface area (Å²) in [7, 11) is -3.14. The van der Waals surface area contributed by atoms with E-state index in [4.69, 9.17) is 4.74 Å². The van der Waals surface area contributed by atoms with E-state index >= 15 is 0 Å². The third-order valence-corrected chi connectivity index (χ3v) is 8.92. The molecule has 0 aliphatic carbocycles. The van der Waals surface area contributed by atoms with Crippen LogP contribution in [0, 0.1) is 6.92 Å². The zero-order chi connectivity index (χ0) is 22.5. The Bertz CT molecular complexity index is 1230. The molecule has 2 aliphatic heterocycles. The molecule has 2 aromatic heterocycles. The molecule has 2 aliphatic rings. The Balaban J connectivity index is 1.54. The lowest BCUT2D eigenvalue weighted by atomic mass is 10.2. The molecule has 4 heterocycles. The van der Waals surface area contributed by atoms with Crippen LogP contribution in [0.1, 0.15) is 47.7 Å². The van der Waals surface area contributed by atoms with Crippen molar-refractivity contribution < 1.29 is 22.7 Å². The highest BCUT2D eigenvalue weighted by Crippen LogP contribution is 2.29. The number of rotatable bonds is 5. The number of carbonyl (C=O) groups is 2. The van der Waals surface area contributed by atoms with Gasteiger partial charge >= 0.3 is 5.97 Å². The molecule has 1 saturated heterocycles. The molecule has 168 valence electrons. The summed E-state index contributed by atoms with van der Waals surface area (Å²) in [5.41, 5.74) is 0.368. The van der Waals surface area contributed by atoms with Crippen LogP contribution in [0.4, 0.5) is 0 Å². The van der Waals surface area contributed by atoms with Gasteiger partial charge in [-0.15, -0.1) is 11.3 Å². The second-order valence-electron chi connectivity index (χ2n) is 8.05. The molecule has 1 fully saturated rings. The molecule has 0 bridgehead atoms. The number of aryl methyl sites for hydroxylation is 2. The number of amides is 1. The van der Waals surface area contributed by atoms with Gasteiger partial charge in [0.25, 0.3) is 11.5 Å². The van der Waals surface area contributed by atoms with Gasteiger partial charge in [0, 0.05) is 25.6 Å². The minimum absolute atomic E-state index is 0.0586. The molecule has 0 radical (unpaired) electrons. The molecule has 31 heavy (non-hydrogen) atoms. The van der Waals surface area contributed by atoms with Crippen LogP contribution in [0.15, 0.2) is 4.79 Å². The number of hydrogen-bond donors (Lipinski definition) is 0. The molecule has 4 rings (SSSR count). The number of hydrogen-bond acceptors (Lipinski definition) is 8. The van der Waals surface area contributed by atoms with E-state index in [1.165, 1.54) is 11.8 Å². The maximum atomic E-state index is 12.9. The topological polar surface area (TPSA) is 116 Å². The number of likely N-dealkylation sites (N-methyl/N-ethyl adjacent to an activating group) is 1. The third kappa shape index (κ3) is 3.89. The minimum Gasteiger partial charge on any atom is -0.448 e. The van der Waals surface area contributed by atoms with Crippen molar-refractivity contribution in [3.8, 4) is 0 Å². The van der Waals surface area contributed by atoms with E-state index in [-0.39, 0.29) is 21.9 Å². The fourth-order valence-electron chi connectivity index (χ4n) is 4.38. The van der Waals surface area contributed by atoms with E-state index < -0.39 is 33.9 Å². The smallest absolute Gasteiger partial charge is 0.349 e. The van der Waals surface area contributed by atoms with Crippen LogP contribution in [-0.4, -0.2) is 64.9 Å². The maximum Gasteiger partial charge on any atom is 0.349 e. The van der Waals surface area contributed by atoms with Crippen LogP contribution < -0.4 is 5.56 Å². The summed E-state index contributed by atoms with van der Waals surface area (Å²) in [6.45, 7) is 5.90. The van der Waals surface area contributed by atoms with Crippen molar-refractivity contribution >= 4 is 43.3 Å². The largest absolute Gasteiger partial charge is 0.448 e. The molecule has 11 heteroatoms. The van der Waals surface area contributed by atoms with Gasteiger partial charge in [-0.2, -0.15) is 0 Å². The lowest BCUT2D eigenvalue weighted by Gasteiger charge is -2.29. The third-order valence-electron chi connectivity index (χ3n) is 6.00. The minimum atomic E-state index is -3.14. The Labute approximate surface area is 183 Å². The number of esters is 1. The quantitative estimate of drug-likeness (QED) is 0.609. The lowest BCUT2D eigenvalue weighted by Crippen LogP contribution is -2.46. The van der Waals surface area contributed by atoms with Crippen molar-refractivity contribution in [3.63, 3.8) is 0 Å². The van der Waals surface area contributed by atoms with E-state index in [1.54, 1.807) is 18.4 Å². The van der Waals surface area contributed by atoms with Gasteiger partial charge in [-0.05, 0) is 39.2 Å². The Kier molecular flexibility index (Phi) is 5.67. The second-order valence-corrected chi connectivity index (χ2v) is 11.3. The molecular weight excluding hydrogens is 442 g/mol. The average Bonchev–Trinajstić information content (AvgIpc) is 3.40. The number of thiophene rings is 1. The van der Waals surface area contributed by atoms with Crippen molar-refractivity contribution in [2.24, 2.45) is 0 Å². The van der Waals surface area contributed by atoms with Crippen LogP contribution in [0.3, 0.4) is 0 Å². The van der Waals surface area contributed by atoms with E-state index in [0.29, 0.717) is 35.3 Å². The molecule has 0 saturated carbocycles. The number of sulfone groups is 1. The fourth-order valence-corrected chi connectivity index (χ4v) is 7.19. The number of carbonyl (C=O) groups excluding carboxylic acids is 2. The molecule has 9 nitrogen and oxygen atoms in total. The first kappa shape index (κ1) is 21.9. The summed E-state index contributed by atoms with van der Waals surface area (Å²) >= 11 is 1.10. The average molecular weight is 468 g/mol. The molecule has 0 spiro atoms. The molecule has 0 aromatic carbocycles. The van der Waals surface area contributed by atoms with Crippen LogP contribution in [0.2, 0.25) is 0 Å².